The molecule has 0 aromatic heterocycles. The predicted molar refractivity (Wildman–Crippen MR) is 75.9 cm³/mol. The van der Waals surface area contributed by atoms with Gasteiger partial charge >= 0.3 is 5.97 Å². The summed E-state index contributed by atoms with van der Waals surface area (Å²) < 4.78 is 5.15. The molecule has 1 amide bonds. The predicted octanol–water partition coefficient (Wildman–Crippen LogP) is 2.12. The first-order chi connectivity index (χ1) is 9.49. The Labute approximate surface area is 119 Å². The summed E-state index contributed by atoms with van der Waals surface area (Å²) in [5.41, 5.74) is 0.864. The minimum atomic E-state index is -0.898. The molecule has 1 aromatic carbocycles. The number of ether oxygens (including phenoxy) is 1. The van der Waals surface area contributed by atoms with E-state index in [-0.39, 0.29) is 24.8 Å². The van der Waals surface area contributed by atoms with Gasteiger partial charge in [0.25, 0.3) is 0 Å². The molecule has 0 heterocycles. The van der Waals surface area contributed by atoms with Gasteiger partial charge in [0.2, 0.25) is 5.91 Å². The number of benzene rings is 1. The van der Waals surface area contributed by atoms with E-state index in [0.29, 0.717) is 12.3 Å². The number of carbonyl (C=O) groups excluding carboxylic acids is 1. The van der Waals surface area contributed by atoms with E-state index >= 15 is 0 Å². The molecule has 0 fully saturated rings. The van der Waals surface area contributed by atoms with Crippen LogP contribution in [0.25, 0.3) is 0 Å². The van der Waals surface area contributed by atoms with Crippen LogP contribution in [0.15, 0.2) is 24.3 Å². The fraction of sp³-hybridized carbons (Fsp3) is 0.467. The summed E-state index contributed by atoms with van der Waals surface area (Å²) in [6.07, 6.45) is -0.0373. The van der Waals surface area contributed by atoms with Gasteiger partial charge in [0.1, 0.15) is 5.75 Å². The van der Waals surface area contributed by atoms with Crippen molar-refractivity contribution < 1.29 is 19.4 Å². The van der Waals surface area contributed by atoms with Gasteiger partial charge in [-0.1, -0.05) is 12.1 Å². The van der Waals surface area contributed by atoms with Crippen LogP contribution < -0.4 is 4.74 Å². The monoisotopic (exact) mass is 279 g/mol. The molecule has 0 radical (unpaired) electrons. The second kappa shape index (κ2) is 7.53. The summed E-state index contributed by atoms with van der Waals surface area (Å²) in [4.78, 5) is 24.6. The summed E-state index contributed by atoms with van der Waals surface area (Å²) in [5, 5.41) is 8.71. The molecular weight excluding hydrogens is 258 g/mol. The molecule has 1 N–H and O–H groups in total. The average Bonchev–Trinajstić information content (AvgIpc) is 2.46. The van der Waals surface area contributed by atoms with Gasteiger partial charge in [0, 0.05) is 13.1 Å². The minimum absolute atomic E-state index is 0.0373. The molecule has 20 heavy (non-hydrogen) atoms. The van der Waals surface area contributed by atoms with Crippen molar-refractivity contribution in [3.63, 3.8) is 0 Å². The topological polar surface area (TPSA) is 66.8 Å². The van der Waals surface area contributed by atoms with Gasteiger partial charge in [-0.05, 0) is 31.5 Å². The van der Waals surface area contributed by atoms with Crippen molar-refractivity contribution >= 4 is 11.9 Å². The third-order valence-electron chi connectivity index (χ3n) is 3.25. The van der Waals surface area contributed by atoms with Crippen molar-refractivity contribution in [2.75, 3.05) is 20.2 Å². The second-order valence-corrected chi connectivity index (χ2v) is 4.56. The summed E-state index contributed by atoms with van der Waals surface area (Å²) in [7, 11) is 1.58. The molecule has 1 aromatic rings. The van der Waals surface area contributed by atoms with Gasteiger partial charge in [0.05, 0.1) is 19.4 Å². The van der Waals surface area contributed by atoms with E-state index in [4.69, 9.17) is 9.84 Å². The molecule has 5 heteroatoms. The minimum Gasteiger partial charge on any atom is -0.497 e. The highest BCUT2D eigenvalue weighted by molar-refractivity contribution is 5.83. The molecule has 1 unspecified atom stereocenters. The van der Waals surface area contributed by atoms with E-state index in [1.165, 1.54) is 0 Å². The molecule has 0 saturated carbocycles. The molecule has 0 saturated heterocycles. The maximum atomic E-state index is 12.4. The van der Waals surface area contributed by atoms with E-state index in [0.717, 1.165) is 5.56 Å². The molecule has 1 atom stereocenters. The summed E-state index contributed by atoms with van der Waals surface area (Å²) in [6.45, 7) is 4.40. The van der Waals surface area contributed by atoms with E-state index in [2.05, 4.69) is 0 Å². The van der Waals surface area contributed by atoms with Crippen LogP contribution in [0.1, 0.15) is 31.7 Å². The van der Waals surface area contributed by atoms with Crippen LogP contribution in [-0.2, 0) is 9.59 Å². The Balaban J connectivity index is 2.79. The summed E-state index contributed by atoms with van der Waals surface area (Å²) in [5.74, 6) is -0.582. The highest BCUT2D eigenvalue weighted by Crippen LogP contribution is 2.22. The molecule has 110 valence electrons. The van der Waals surface area contributed by atoms with E-state index in [1.54, 1.807) is 12.0 Å². The largest absolute Gasteiger partial charge is 0.497 e. The number of likely N-dealkylation sites (N-methyl/N-ethyl adjacent to an activating group) is 1. The van der Waals surface area contributed by atoms with Crippen LogP contribution in [0.4, 0.5) is 0 Å². The fourth-order valence-corrected chi connectivity index (χ4v) is 1.98. The maximum Gasteiger partial charge on any atom is 0.305 e. The van der Waals surface area contributed by atoms with Crippen LogP contribution in [0.5, 0.6) is 5.75 Å². The Morgan fingerprint density at radius 1 is 1.40 bits per heavy atom. The van der Waals surface area contributed by atoms with Gasteiger partial charge < -0.3 is 14.7 Å². The highest BCUT2D eigenvalue weighted by Gasteiger charge is 2.21. The van der Waals surface area contributed by atoms with Crippen molar-refractivity contribution in [1.29, 1.82) is 0 Å². The smallest absolute Gasteiger partial charge is 0.305 e. The second-order valence-electron chi connectivity index (χ2n) is 4.56. The fourth-order valence-electron chi connectivity index (χ4n) is 1.98. The van der Waals surface area contributed by atoms with Gasteiger partial charge in [-0.2, -0.15) is 0 Å². The first kappa shape index (κ1) is 16.0. The van der Waals surface area contributed by atoms with Gasteiger partial charge in [-0.3, -0.25) is 9.59 Å². The lowest BCUT2D eigenvalue weighted by Gasteiger charge is -2.24. The van der Waals surface area contributed by atoms with Crippen LogP contribution in [0, 0.1) is 0 Å². The molecule has 0 aliphatic heterocycles. The summed E-state index contributed by atoms with van der Waals surface area (Å²) >= 11 is 0. The SMILES string of the molecule is CCN(CCC(=O)O)C(=O)C(C)c1cccc(OC)c1. The zero-order chi connectivity index (χ0) is 15.1. The number of carboxylic acid groups (broad SMARTS) is 1. The number of hydrogen-bond acceptors (Lipinski definition) is 3. The van der Waals surface area contributed by atoms with Gasteiger partial charge in [0.15, 0.2) is 0 Å². The van der Waals surface area contributed by atoms with E-state index in [1.807, 2.05) is 38.1 Å². The Morgan fingerprint density at radius 3 is 2.65 bits per heavy atom. The highest BCUT2D eigenvalue weighted by atomic mass is 16.5. The number of carboxylic acids is 1. The van der Waals surface area contributed by atoms with Crippen LogP contribution in [0.3, 0.4) is 0 Å². The van der Waals surface area contributed by atoms with Crippen molar-refractivity contribution in [3.8, 4) is 5.75 Å². The quantitative estimate of drug-likeness (QED) is 0.830. The molecular formula is C15H21NO4. The molecule has 0 bridgehead atoms. The van der Waals surface area contributed by atoms with Crippen molar-refractivity contribution in [2.24, 2.45) is 0 Å². The Kier molecular flexibility index (Phi) is 6.03. The third kappa shape index (κ3) is 4.26. The lowest BCUT2D eigenvalue weighted by Crippen LogP contribution is -2.35. The maximum absolute atomic E-state index is 12.4. The number of hydrogen-bond donors (Lipinski definition) is 1. The van der Waals surface area contributed by atoms with Crippen LogP contribution in [-0.4, -0.2) is 42.1 Å². The van der Waals surface area contributed by atoms with Crippen LogP contribution in [0.2, 0.25) is 0 Å². The lowest BCUT2D eigenvalue weighted by molar-refractivity contribution is -0.138. The normalized spacial score (nSPS) is 11.8. The molecule has 0 spiro atoms. The van der Waals surface area contributed by atoms with Crippen molar-refractivity contribution in [2.45, 2.75) is 26.2 Å². The van der Waals surface area contributed by atoms with Crippen molar-refractivity contribution in [3.05, 3.63) is 29.8 Å². The Hall–Kier alpha value is -2.04. The number of rotatable bonds is 7. The van der Waals surface area contributed by atoms with E-state index < -0.39 is 5.97 Å². The molecule has 0 aliphatic carbocycles. The van der Waals surface area contributed by atoms with Gasteiger partial charge in [-0.25, -0.2) is 0 Å². The first-order valence-corrected chi connectivity index (χ1v) is 6.64. The number of carbonyl (C=O) groups is 2. The van der Waals surface area contributed by atoms with Crippen molar-refractivity contribution in [1.82, 2.24) is 4.90 Å². The number of nitrogens with zero attached hydrogens (tertiary/aromatic N) is 1. The van der Waals surface area contributed by atoms with Crippen LogP contribution >= 0.6 is 0 Å². The molecule has 0 aliphatic rings. The first-order valence-electron chi connectivity index (χ1n) is 6.64. The Morgan fingerprint density at radius 2 is 2.10 bits per heavy atom. The van der Waals surface area contributed by atoms with Gasteiger partial charge in [-0.15, -0.1) is 0 Å². The molecule has 5 nitrogen and oxygen atoms in total. The third-order valence-corrected chi connectivity index (χ3v) is 3.25. The average molecular weight is 279 g/mol. The number of amides is 1. The van der Waals surface area contributed by atoms with E-state index in [9.17, 15) is 9.59 Å². The Bertz CT molecular complexity index is 473. The number of methoxy groups -OCH3 is 1. The molecule has 1 rings (SSSR count). The zero-order valence-corrected chi connectivity index (χ0v) is 12.1. The zero-order valence-electron chi connectivity index (χ0n) is 12.1. The summed E-state index contributed by atoms with van der Waals surface area (Å²) in [6, 6.07) is 7.36. The number of aliphatic carboxylic acids is 1. The lowest BCUT2D eigenvalue weighted by atomic mass is 9.99. The standard InChI is InChI=1S/C15H21NO4/c1-4-16(9-8-14(17)18)15(19)11(2)12-6-5-7-13(10-12)20-3/h5-7,10-11H,4,8-9H2,1-3H3,(H,17,18).